The van der Waals surface area contributed by atoms with Crippen LogP contribution in [0.4, 0.5) is 4.79 Å². The van der Waals surface area contributed by atoms with E-state index in [-0.39, 0.29) is 17.3 Å². The molecule has 0 radical (unpaired) electrons. The van der Waals surface area contributed by atoms with Crippen molar-refractivity contribution in [2.45, 2.75) is 99.0 Å². The average molecular weight is 372 g/mol. The molecule has 26 heavy (non-hydrogen) atoms. The molecule has 2 unspecified atom stereocenters. The van der Waals surface area contributed by atoms with E-state index in [4.69, 9.17) is 9.47 Å². The zero-order valence-corrected chi connectivity index (χ0v) is 17.9. The van der Waals surface area contributed by atoms with Gasteiger partial charge in [0.05, 0.1) is 13.2 Å². The predicted octanol–water partition coefficient (Wildman–Crippen LogP) is 5.47. The Morgan fingerprint density at radius 1 is 0.923 bits per heavy atom. The molecular formula is C21H41NO4. The molecule has 0 fully saturated rings. The number of nitrogens with one attached hydrogen (secondary N) is 1. The Hall–Kier alpha value is -1.26. The molecule has 0 rings (SSSR count). The van der Waals surface area contributed by atoms with Gasteiger partial charge in [0.15, 0.2) is 0 Å². The topological polar surface area (TPSA) is 64.6 Å². The second-order valence-corrected chi connectivity index (χ2v) is 8.43. The maximum absolute atomic E-state index is 12.4. The van der Waals surface area contributed by atoms with Crippen LogP contribution in [0.1, 0.15) is 92.9 Å². The first-order chi connectivity index (χ1) is 12.2. The Morgan fingerprint density at radius 2 is 1.50 bits per heavy atom. The predicted molar refractivity (Wildman–Crippen MR) is 106 cm³/mol. The molecule has 0 spiro atoms. The summed E-state index contributed by atoms with van der Waals surface area (Å²) in [6, 6.07) is -0.656. The van der Waals surface area contributed by atoms with E-state index in [1.807, 2.05) is 34.6 Å². The van der Waals surface area contributed by atoms with Gasteiger partial charge < -0.3 is 14.8 Å². The lowest BCUT2D eigenvalue weighted by molar-refractivity contribution is -0.147. The standard InChI is InChI=1S/C21H41NO4/c1-7-9-10-11-12-13-14-15-25-19(23)18(17(3)8-2)22-20(24)26-16-21(4,5)6/h17-18H,7-16H2,1-6H3,(H,22,24). The third-order valence-electron chi connectivity index (χ3n) is 4.37. The van der Waals surface area contributed by atoms with E-state index >= 15 is 0 Å². The van der Waals surface area contributed by atoms with Crippen molar-refractivity contribution >= 4 is 12.1 Å². The summed E-state index contributed by atoms with van der Waals surface area (Å²) < 4.78 is 10.6. The van der Waals surface area contributed by atoms with Gasteiger partial charge in [-0.2, -0.15) is 0 Å². The quantitative estimate of drug-likeness (QED) is 0.344. The minimum Gasteiger partial charge on any atom is -0.464 e. The zero-order chi connectivity index (χ0) is 20.0. The van der Waals surface area contributed by atoms with Crippen LogP contribution in [-0.4, -0.2) is 31.3 Å². The van der Waals surface area contributed by atoms with Gasteiger partial charge in [-0.05, 0) is 17.8 Å². The average Bonchev–Trinajstić information content (AvgIpc) is 2.58. The highest BCUT2D eigenvalue weighted by Gasteiger charge is 2.28. The number of hydrogen-bond acceptors (Lipinski definition) is 4. The van der Waals surface area contributed by atoms with E-state index in [0.29, 0.717) is 13.2 Å². The Balaban J connectivity index is 4.21. The van der Waals surface area contributed by atoms with Gasteiger partial charge in [0.2, 0.25) is 0 Å². The summed E-state index contributed by atoms with van der Waals surface area (Å²) in [5.74, 6) is -0.364. The molecule has 154 valence electrons. The minimum atomic E-state index is -0.656. The molecule has 0 aliphatic carbocycles. The summed E-state index contributed by atoms with van der Waals surface area (Å²) in [6.45, 7) is 12.8. The summed E-state index contributed by atoms with van der Waals surface area (Å²) in [6.07, 6.45) is 8.43. The maximum atomic E-state index is 12.4. The summed E-state index contributed by atoms with van der Waals surface area (Å²) >= 11 is 0. The van der Waals surface area contributed by atoms with Crippen molar-refractivity contribution in [2.75, 3.05) is 13.2 Å². The van der Waals surface area contributed by atoms with Crippen LogP contribution in [0.2, 0.25) is 0 Å². The number of hydrogen-bond donors (Lipinski definition) is 1. The molecule has 0 aromatic heterocycles. The molecule has 0 saturated carbocycles. The van der Waals surface area contributed by atoms with Gasteiger partial charge in [0, 0.05) is 0 Å². The fraction of sp³-hybridized carbons (Fsp3) is 0.905. The molecule has 2 atom stereocenters. The van der Waals surface area contributed by atoms with Crippen LogP contribution in [-0.2, 0) is 14.3 Å². The molecule has 1 N–H and O–H groups in total. The van der Waals surface area contributed by atoms with E-state index in [0.717, 1.165) is 19.3 Å². The molecule has 0 saturated heterocycles. The van der Waals surface area contributed by atoms with Crippen molar-refractivity contribution < 1.29 is 19.1 Å². The number of unbranched alkanes of at least 4 members (excludes halogenated alkanes) is 6. The van der Waals surface area contributed by atoms with Crippen molar-refractivity contribution in [3.63, 3.8) is 0 Å². The van der Waals surface area contributed by atoms with Crippen LogP contribution in [0.5, 0.6) is 0 Å². The molecule has 0 aromatic rings. The Kier molecular flexibility index (Phi) is 13.2. The normalized spacial score (nSPS) is 13.8. The van der Waals surface area contributed by atoms with Crippen molar-refractivity contribution in [2.24, 2.45) is 11.3 Å². The summed E-state index contributed by atoms with van der Waals surface area (Å²) in [4.78, 5) is 24.3. The van der Waals surface area contributed by atoms with Gasteiger partial charge in [-0.1, -0.05) is 86.5 Å². The fourth-order valence-electron chi connectivity index (χ4n) is 2.44. The van der Waals surface area contributed by atoms with Crippen LogP contribution in [0.3, 0.4) is 0 Å². The number of carbonyl (C=O) groups excluding carboxylic acids is 2. The first-order valence-electron chi connectivity index (χ1n) is 10.3. The first-order valence-corrected chi connectivity index (χ1v) is 10.3. The van der Waals surface area contributed by atoms with E-state index in [1.54, 1.807) is 0 Å². The van der Waals surface area contributed by atoms with Crippen molar-refractivity contribution in [1.29, 1.82) is 0 Å². The van der Waals surface area contributed by atoms with Crippen LogP contribution >= 0.6 is 0 Å². The number of ether oxygens (including phenoxy) is 2. The molecule has 0 bridgehead atoms. The molecule has 5 nitrogen and oxygen atoms in total. The first kappa shape index (κ1) is 24.7. The van der Waals surface area contributed by atoms with Crippen molar-refractivity contribution in [1.82, 2.24) is 5.32 Å². The number of carbonyl (C=O) groups is 2. The highest BCUT2D eigenvalue weighted by Crippen LogP contribution is 2.14. The molecular weight excluding hydrogens is 330 g/mol. The lowest BCUT2D eigenvalue weighted by Gasteiger charge is -2.24. The van der Waals surface area contributed by atoms with E-state index in [9.17, 15) is 9.59 Å². The maximum Gasteiger partial charge on any atom is 0.407 e. The molecule has 0 aliphatic heterocycles. The van der Waals surface area contributed by atoms with Gasteiger partial charge in [-0.25, -0.2) is 9.59 Å². The van der Waals surface area contributed by atoms with Crippen LogP contribution in [0.15, 0.2) is 0 Å². The second kappa shape index (κ2) is 13.9. The number of esters is 1. The van der Waals surface area contributed by atoms with Crippen LogP contribution in [0.25, 0.3) is 0 Å². The Morgan fingerprint density at radius 3 is 2.04 bits per heavy atom. The lowest BCUT2D eigenvalue weighted by Crippen LogP contribution is -2.46. The highest BCUT2D eigenvalue weighted by atomic mass is 16.6. The largest absolute Gasteiger partial charge is 0.464 e. The monoisotopic (exact) mass is 371 g/mol. The Labute approximate surface area is 160 Å². The smallest absolute Gasteiger partial charge is 0.407 e. The summed E-state index contributed by atoms with van der Waals surface area (Å²) in [5, 5.41) is 2.68. The number of rotatable bonds is 13. The lowest BCUT2D eigenvalue weighted by atomic mass is 9.98. The summed E-state index contributed by atoms with van der Waals surface area (Å²) in [5.41, 5.74) is -0.110. The van der Waals surface area contributed by atoms with Gasteiger partial charge in [0.25, 0.3) is 0 Å². The zero-order valence-electron chi connectivity index (χ0n) is 17.9. The highest BCUT2D eigenvalue weighted by molar-refractivity contribution is 5.81. The fourth-order valence-corrected chi connectivity index (χ4v) is 2.44. The van der Waals surface area contributed by atoms with Gasteiger partial charge in [-0.3, -0.25) is 0 Å². The number of alkyl carbamates (subject to hydrolysis) is 1. The summed E-state index contributed by atoms with van der Waals surface area (Å²) in [7, 11) is 0. The van der Waals surface area contributed by atoms with Crippen molar-refractivity contribution in [3.8, 4) is 0 Å². The number of amides is 1. The van der Waals surface area contributed by atoms with Gasteiger partial charge in [-0.15, -0.1) is 0 Å². The third kappa shape index (κ3) is 13.0. The van der Waals surface area contributed by atoms with Crippen LogP contribution in [0, 0.1) is 11.3 Å². The van der Waals surface area contributed by atoms with Crippen molar-refractivity contribution in [3.05, 3.63) is 0 Å². The molecule has 1 amide bonds. The Bertz CT molecular complexity index is 390. The van der Waals surface area contributed by atoms with E-state index in [1.165, 1.54) is 32.1 Å². The van der Waals surface area contributed by atoms with Crippen LogP contribution < -0.4 is 5.32 Å². The molecule has 5 heteroatoms. The SMILES string of the molecule is CCCCCCCCCOC(=O)C(NC(=O)OCC(C)(C)C)C(C)CC. The minimum absolute atomic E-state index is 0.00118. The third-order valence-corrected chi connectivity index (χ3v) is 4.37. The second-order valence-electron chi connectivity index (χ2n) is 8.43. The van der Waals surface area contributed by atoms with Gasteiger partial charge in [0.1, 0.15) is 6.04 Å². The molecule has 0 aliphatic rings. The van der Waals surface area contributed by atoms with E-state index in [2.05, 4.69) is 12.2 Å². The molecule has 0 aromatic carbocycles. The molecule has 0 heterocycles. The van der Waals surface area contributed by atoms with Gasteiger partial charge >= 0.3 is 12.1 Å². The van der Waals surface area contributed by atoms with E-state index < -0.39 is 12.1 Å².